The van der Waals surface area contributed by atoms with Gasteiger partial charge in [-0.3, -0.25) is 4.79 Å². The molecule has 84 valence electrons. The van der Waals surface area contributed by atoms with Crippen molar-refractivity contribution in [2.45, 2.75) is 59.5 Å². The lowest BCUT2D eigenvalue weighted by atomic mass is 9.96. The van der Waals surface area contributed by atoms with Crippen LogP contribution >= 0.6 is 0 Å². The fourth-order valence-corrected chi connectivity index (χ4v) is 1.25. The minimum Gasteiger partial charge on any atom is -0.393 e. The van der Waals surface area contributed by atoms with Crippen LogP contribution < -0.4 is 0 Å². The highest BCUT2D eigenvalue weighted by atomic mass is 16.3. The standard InChI is InChI=1S/C12H24O2/c1-5-10(4)6-7-11(13)8-12(14)9(2)3/h9-11,13H,5-8H2,1-4H3. The third-order valence-corrected chi connectivity index (χ3v) is 2.77. The molecule has 0 saturated carbocycles. The smallest absolute Gasteiger partial charge is 0.137 e. The molecular formula is C12H24O2. The Hall–Kier alpha value is -0.370. The molecule has 0 aromatic carbocycles. The first kappa shape index (κ1) is 13.6. The van der Waals surface area contributed by atoms with Gasteiger partial charge in [-0.25, -0.2) is 0 Å². The highest BCUT2D eigenvalue weighted by Gasteiger charge is 2.14. The Balaban J connectivity index is 3.65. The Bertz CT molecular complexity index is 164. The van der Waals surface area contributed by atoms with Gasteiger partial charge in [-0.15, -0.1) is 0 Å². The van der Waals surface area contributed by atoms with Crippen molar-refractivity contribution in [3.05, 3.63) is 0 Å². The van der Waals surface area contributed by atoms with Gasteiger partial charge in [0.2, 0.25) is 0 Å². The van der Waals surface area contributed by atoms with Gasteiger partial charge >= 0.3 is 0 Å². The Labute approximate surface area is 87.7 Å². The van der Waals surface area contributed by atoms with Gasteiger partial charge in [0.15, 0.2) is 0 Å². The molecule has 0 saturated heterocycles. The molecule has 0 aliphatic heterocycles. The number of hydrogen-bond acceptors (Lipinski definition) is 2. The van der Waals surface area contributed by atoms with E-state index in [-0.39, 0.29) is 11.7 Å². The largest absolute Gasteiger partial charge is 0.393 e. The average molecular weight is 200 g/mol. The maximum Gasteiger partial charge on any atom is 0.137 e. The van der Waals surface area contributed by atoms with Gasteiger partial charge in [0, 0.05) is 12.3 Å². The van der Waals surface area contributed by atoms with E-state index in [0.29, 0.717) is 12.3 Å². The molecule has 0 aliphatic carbocycles. The van der Waals surface area contributed by atoms with E-state index in [0.717, 1.165) is 19.3 Å². The van der Waals surface area contributed by atoms with E-state index in [9.17, 15) is 9.90 Å². The molecule has 0 aliphatic rings. The van der Waals surface area contributed by atoms with E-state index in [2.05, 4.69) is 13.8 Å². The molecule has 0 aromatic rings. The topological polar surface area (TPSA) is 37.3 Å². The maximum absolute atomic E-state index is 11.3. The van der Waals surface area contributed by atoms with Crippen molar-refractivity contribution in [1.82, 2.24) is 0 Å². The van der Waals surface area contributed by atoms with Crippen LogP contribution in [0.2, 0.25) is 0 Å². The monoisotopic (exact) mass is 200 g/mol. The maximum atomic E-state index is 11.3. The number of ketones is 1. The van der Waals surface area contributed by atoms with Crippen LogP contribution in [0.25, 0.3) is 0 Å². The van der Waals surface area contributed by atoms with Crippen LogP contribution in [0.3, 0.4) is 0 Å². The zero-order valence-corrected chi connectivity index (χ0v) is 9.92. The molecule has 0 fully saturated rings. The Kier molecular flexibility index (Phi) is 6.81. The summed E-state index contributed by atoms with van der Waals surface area (Å²) in [6.45, 7) is 8.08. The van der Waals surface area contributed by atoms with Gasteiger partial charge in [-0.2, -0.15) is 0 Å². The number of aliphatic hydroxyl groups excluding tert-OH is 1. The Morgan fingerprint density at radius 3 is 2.21 bits per heavy atom. The summed E-state index contributed by atoms with van der Waals surface area (Å²) < 4.78 is 0. The van der Waals surface area contributed by atoms with Crippen molar-refractivity contribution in [2.24, 2.45) is 11.8 Å². The van der Waals surface area contributed by atoms with Crippen LogP contribution in [0.5, 0.6) is 0 Å². The molecule has 1 N–H and O–H groups in total. The van der Waals surface area contributed by atoms with Crippen LogP contribution in [0.15, 0.2) is 0 Å². The second kappa shape index (κ2) is 6.99. The van der Waals surface area contributed by atoms with Gasteiger partial charge in [0.05, 0.1) is 6.10 Å². The minimum absolute atomic E-state index is 0.0493. The SMILES string of the molecule is CCC(C)CCC(O)CC(=O)C(C)C. The predicted molar refractivity (Wildman–Crippen MR) is 59.2 cm³/mol. The molecule has 2 unspecified atom stereocenters. The lowest BCUT2D eigenvalue weighted by molar-refractivity contribution is -0.123. The molecule has 0 bridgehead atoms. The van der Waals surface area contributed by atoms with Crippen LogP contribution in [0.1, 0.15) is 53.4 Å². The summed E-state index contributed by atoms with van der Waals surface area (Å²) in [5, 5.41) is 9.59. The quantitative estimate of drug-likeness (QED) is 0.686. The number of hydrogen-bond donors (Lipinski definition) is 1. The zero-order valence-electron chi connectivity index (χ0n) is 9.92. The number of carbonyl (C=O) groups excluding carboxylic acids is 1. The van der Waals surface area contributed by atoms with Gasteiger partial charge in [-0.05, 0) is 18.8 Å². The molecule has 2 heteroatoms. The first-order valence-corrected chi connectivity index (χ1v) is 5.68. The summed E-state index contributed by atoms with van der Waals surface area (Å²) in [6.07, 6.45) is 2.81. The van der Waals surface area contributed by atoms with Crippen molar-refractivity contribution in [2.75, 3.05) is 0 Å². The normalized spacial score (nSPS) is 15.6. The molecular weight excluding hydrogens is 176 g/mol. The first-order chi connectivity index (χ1) is 6.47. The van der Waals surface area contributed by atoms with Crippen molar-refractivity contribution in [3.63, 3.8) is 0 Å². The second-order valence-corrected chi connectivity index (χ2v) is 4.57. The Morgan fingerprint density at radius 2 is 1.79 bits per heavy atom. The molecule has 0 aromatic heterocycles. The zero-order chi connectivity index (χ0) is 11.1. The molecule has 2 atom stereocenters. The number of carbonyl (C=O) groups is 1. The highest BCUT2D eigenvalue weighted by molar-refractivity contribution is 5.80. The van der Waals surface area contributed by atoms with Gasteiger partial charge < -0.3 is 5.11 Å². The number of Topliss-reactive ketones (excluding diaryl/α,β-unsaturated/α-hetero) is 1. The number of aliphatic hydroxyl groups is 1. The third-order valence-electron chi connectivity index (χ3n) is 2.77. The predicted octanol–water partition coefficient (Wildman–Crippen LogP) is 2.79. The van der Waals surface area contributed by atoms with Crippen LogP contribution in [0.4, 0.5) is 0 Å². The lowest BCUT2D eigenvalue weighted by Crippen LogP contribution is -2.17. The van der Waals surface area contributed by atoms with Crippen molar-refractivity contribution in [3.8, 4) is 0 Å². The molecule has 2 nitrogen and oxygen atoms in total. The van der Waals surface area contributed by atoms with E-state index in [1.807, 2.05) is 13.8 Å². The van der Waals surface area contributed by atoms with Gasteiger partial charge in [-0.1, -0.05) is 34.1 Å². The van der Waals surface area contributed by atoms with E-state index < -0.39 is 6.10 Å². The molecule has 0 rings (SSSR count). The van der Waals surface area contributed by atoms with Crippen molar-refractivity contribution >= 4 is 5.78 Å². The summed E-state index contributed by atoms with van der Waals surface area (Å²) in [4.78, 5) is 11.3. The van der Waals surface area contributed by atoms with Crippen LogP contribution in [0, 0.1) is 11.8 Å². The summed E-state index contributed by atoms with van der Waals surface area (Å²) >= 11 is 0. The van der Waals surface area contributed by atoms with Crippen LogP contribution in [-0.4, -0.2) is 17.0 Å². The van der Waals surface area contributed by atoms with Crippen LogP contribution in [-0.2, 0) is 4.79 Å². The molecule has 0 radical (unpaired) electrons. The average Bonchev–Trinajstić information content (AvgIpc) is 2.13. The van der Waals surface area contributed by atoms with Gasteiger partial charge in [0.25, 0.3) is 0 Å². The summed E-state index contributed by atoms with van der Waals surface area (Å²) in [5.41, 5.74) is 0. The minimum atomic E-state index is -0.432. The molecule has 0 amide bonds. The lowest BCUT2D eigenvalue weighted by Gasteiger charge is -2.13. The van der Waals surface area contributed by atoms with E-state index >= 15 is 0 Å². The third kappa shape index (κ3) is 6.14. The van der Waals surface area contributed by atoms with E-state index in [1.54, 1.807) is 0 Å². The highest BCUT2D eigenvalue weighted by Crippen LogP contribution is 2.14. The fraction of sp³-hybridized carbons (Fsp3) is 0.917. The summed E-state index contributed by atoms with van der Waals surface area (Å²) in [5.74, 6) is 0.869. The van der Waals surface area contributed by atoms with Crippen molar-refractivity contribution < 1.29 is 9.90 Å². The summed E-state index contributed by atoms with van der Waals surface area (Å²) in [6, 6.07) is 0. The number of rotatable bonds is 7. The van der Waals surface area contributed by atoms with E-state index in [4.69, 9.17) is 0 Å². The molecule has 14 heavy (non-hydrogen) atoms. The molecule has 0 spiro atoms. The summed E-state index contributed by atoms with van der Waals surface area (Å²) in [7, 11) is 0. The Morgan fingerprint density at radius 1 is 1.21 bits per heavy atom. The van der Waals surface area contributed by atoms with E-state index in [1.165, 1.54) is 0 Å². The molecule has 0 heterocycles. The fourth-order valence-electron chi connectivity index (χ4n) is 1.25. The van der Waals surface area contributed by atoms with Crippen molar-refractivity contribution in [1.29, 1.82) is 0 Å². The first-order valence-electron chi connectivity index (χ1n) is 5.68. The van der Waals surface area contributed by atoms with Gasteiger partial charge in [0.1, 0.15) is 5.78 Å². The second-order valence-electron chi connectivity index (χ2n) is 4.57.